The van der Waals surface area contributed by atoms with Crippen LogP contribution in [0.5, 0.6) is 0 Å². The lowest BCUT2D eigenvalue weighted by atomic mass is 9.68. The molecule has 2 fully saturated rings. The molecule has 0 unspecified atom stereocenters. The number of aromatic amines is 1. The van der Waals surface area contributed by atoms with Crippen molar-refractivity contribution in [3.63, 3.8) is 0 Å². The first kappa shape index (κ1) is 20.8. The molecule has 0 saturated heterocycles. The Morgan fingerprint density at radius 1 is 1.09 bits per heavy atom. The summed E-state index contributed by atoms with van der Waals surface area (Å²) in [4.78, 5) is 26.7. The second-order valence-electron chi connectivity index (χ2n) is 9.43. The molecule has 32 heavy (non-hydrogen) atoms. The van der Waals surface area contributed by atoms with E-state index >= 15 is 0 Å². The van der Waals surface area contributed by atoms with Gasteiger partial charge in [0, 0.05) is 30.8 Å². The van der Waals surface area contributed by atoms with Crippen molar-refractivity contribution < 1.29 is 22.8 Å². The molecule has 0 aliphatic heterocycles. The van der Waals surface area contributed by atoms with Gasteiger partial charge in [0.05, 0.1) is 16.6 Å². The third-order valence-corrected chi connectivity index (χ3v) is 6.92. The van der Waals surface area contributed by atoms with Gasteiger partial charge in [0.15, 0.2) is 0 Å². The maximum absolute atomic E-state index is 14.5. The largest absolute Gasteiger partial charge is 0.355 e. The summed E-state index contributed by atoms with van der Waals surface area (Å²) in [7, 11) is 0. The summed E-state index contributed by atoms with van der Waals surface area (Å²) in [6, 6.07) is 8.10. The summed E-state index contributed by atoms with van der Waals surface area (Å²) < 4.78 is 41.9. The standard InChI is InChI=1S/C25H23F3N2O2/c1-25(10-18(31)11-25)24(32)29-12-13-6-15(7-13)21-19-8-17(27)9-20(28)23(19)30-22(21)14-2-4-16(26)5-3-14/h2-5,8-9,13,15,30H,6-7,10-12H2,1H3,(H,29,32)/t13-,15+. The van der Waals surface area contributed by atoms with Gasteiger partial charge in [0.1, 0.15) is 23.2 Å². The van der Waals surface area contributed by atoms with E-state index in [9.17, 15) is 22.8 Å². The number of halogens is 3. The minimum Gasteiger partial charge on any atom is -0.355 e. The average Bonchev–Trinajstić information content (AvgIpc) is 3.05. The Kier molecular flexibility index (Phi) is 4.87. The molecule has 2 aliphatic rings. The van der Waals surface area contributed by atoms with E-state index < -0.39 is 17.0 Å². The second kappa shape index (κ2) is 7.50. The van der Waals surface area contributed by atoms with Crippen molar-refractivity contribution in [1.29, 1.82) is 0 Å². The van der Waals surface area contributed by atoms with Crippen molar-refractivity contribution in [3.8, 4) is 11.3 Å². The van der Waals surface area contributed by atoms with E-state index in [-0.39, 0.29) is 34.9 Å². The van der Waals surface area contributed by atoms with Crippen LogP contribution in [-0.2, 0) is 9.59 Å². The number of amides is 1. The molecule has 2 aliphatic carbocycles. The molecule has 0 spiro atoms. The average molecular weight is 440 g/mol. The van der Waals surface area contributed by atoms with Gasteiger partial charge in [-0.3, -0.25) is 9.59 Å². The van der Waals surface area contributed by atoms with Gasteiger partial charge in [0.25, 0.3) is 0 Å². The lowest BCUT2D eigenvalue weighted by molar-refractivity contribution is -0.146. The lowest BCUT2D eigenvalue weighted by Crippen LogP contribution is -2.49. The van der Waals surface area contributed by atoms with Crippen LogP contribution in [0.4, 0.5) is 13.2 Å². The maximum Gasteiger partial charge on any atom is 0.226 e. The summed E-state index contributed by atoms with van der Waals surface area (Å²) >= 11 is 0. The monoisotopic (exact) mass is 440 g/mol. The van der Waals surface area contributed by atoms with Crippen LogP contribution >= 0.6 is 0 Å². The van der Waals surface area contributed by atoms with Gasteiger partial charge in [-0.2, -0.15) is 0 Å². The van der Waals surface area contributed by atoms with Crippen LogP contribution in [0, 0.1) is 28.8 Å². The SMILES string of the molecule is CC1(C(=O)NC[C@H]2C[C@@H](c3c(-c4ccc(F)cc4)[nH]c4c(F)cc(F)cc43)C2)CC(=O)C1. The van der Waals surface area contributed by atoms with Crippen molar-refractivity contribution in [2.75, 3.05) is 6.54 Å². The molecule has 4 nitrogen and oxygen atoms in total. The molecular weight excluding hydrogens is 417 g/mol. The van der Waals surface area contributed by atoms with Crippen LogP contribution in [0.1, 0.15) is 44.1 Å². The summed E-state index contributed by atoms with van der Waals surface area (Å²) in [5.41, 5.74) is 1.83. The van der Waals surface area contributed by atoms with Gasteiger partial charge in [-0.15, -0.1) is 0 Å². The van der Waals surface area contributed by atoms with E-state index in [2.05, 4.69) is 10.3 Å². The molecule has 7 heteroatoms. The van der Waals surface area contributed by atoms with E-state index in [4.69, 9.17) is 0 Å². The number of hydrogen-bond acceptors (Lipinski definition) is 2. The molecular formula is C25H23F3N2O2. The number of Topliss-reactive ketones (excluding diaryl/α,β-unsaturated/α-hetero) is 1. The van der Waals surface area contributed by atoms with Crippen LogP contribution in [0.25, 0.3) is 22.2 Å². The summed E-state index contributed by atoms with van der Waals surface area (Å²) in [6.45, 7) is 2.31. The highest BCUT2D eigenvalue weighted by molar-refractivity contribution is 5.99. The number of aromatic nitrogens is 1. The zero-order chi connectivity index (χ0) is 22.6. The van der Waals surface area contributed by atoms with E-state index in [1.807, 2.05) is 0 Å². The predicted molar refractivity (Wildman–Crippen MR) is 114 cm³/mol. The highest BCUT2D eigenvalue weighted by atomic mass is 19.1. The third-order valence-electron chi connectivity index (χ3n) is 6.92. The molecule has 5 rings (SSSR count). The molecule has 2 N–H and O–H groups in total. The minimum atomic E-state index is -0.666. The van der Waals surface area contributed by atoms with E-state index in [1.165, 1.54) is 18.2 Å². The molecule has 3 aromatic rings. The fraction of sp³-hybridized carbons (Fsp3) is 0.360. The third kappa shape index (κ3) is 3.49. The molecule has 2 saturated carbocycles. The quantitative estimate of drug-likeness (QED) is 0.571. The minimum absolute atomic E-state index is 0.0628. The number of rotatable bonds is 5. The molecule has 0 atom stereocenters. The van der Waals surface area contributed by atoms with Crippen LogP contribution in [0.3, 0.4) is 0 Å². The Hall–Kier alpha value is -3.09. The summed E-state index contributed by atoms with van der Waals surface area (Å²) in [5, 5.41) is 3.46. The van der Waals surface area contributed by atoms with Gasteiger partial charge in [-0.25, -0.2) is 13.2 Å². The number of carbonyl (C=O) groups excluding carboxylic acids is 2. The number of ketones is 1. The molecule has 0 bridgehead atoms. The van der Waals surface area contributed by atoms with Crippen LogP contribution in [0.15, 0.2) is 36.4 Å². The van der Waals surface area contributed by atoms with Crippen LogP contribution in [-0.4, -0.2) is 23.2 Å². The highest BCUT2D eigenvalue weighted by Gasteiger charge is 2.45. The number of fused-ring (bicyclic) bond motifs is 1. The zero-order valence-corrected chi connectivity index (χ0v) is 17.6. The normalized spacial score (nSPS) is 21.8. The first-order chi connectivity index (χ1) is 15.2. The number of hydrogen-bond donors (Lipinski definition) is 2. The topological polar surface area (TPSA) is 62.0 Å². The van der Waals surface area contributed by atoms with Gasteiger partial charge >= 0.3 is 0 Å². The Morgan fingerprint density at radius 2 is 1.78 bits per heavy atom. The van der Waals surface area contributed by atoms with Crippen LogP contribution in [0.2, 0.25) is 0 Å². The Balaban J connectivity index is 1.37. The number of nitrogens with one attached hydrogen (secondary N) is 2. The fourth-order valence-electron chi connectivity index (χ4n) is 5.08. The molecule has 2 aromatic carbocycles. The summed E-state index contributed by atoms with van der Waals surface area (Å²) in [6.07, 6.45) is 2.10. The molecule has 1 heterocycles. The van der Waals surface area contributed by atoms with Crippen molar-refractivity contribution in [1.82, 2.24) is 10.3 Å². The van der Waals surface area contributed by atoms with Gasteiger partial charge in [-0.1, -0.05) is 0 Å². The highest BCUT2D eigenvalue weighted by Crippen LogP contribution is 2.48. The van der Waals surface area contributed by atoms with Crippen LogP contribution < -0.4 is 5.32 Å². The lowest BCUT2D eigenvalue weighted by Gasteiger charge is -2.39. The molecule has 1 aromatic heterocycles. The van der Waals surface area contributed by atoms with Crippen molar-refractivity contribution in [2.45, 2.75) is 38.5 Å². The Morgan fingerprint density at radius 3 is 2.44 bits per heavy atom. The van der Waals surface area contributed by atoms with E-state index in [1.54, 1.807) is 19.1 Å². The first-order valence-corrected chi connectivity index (χ1v) is 10.8. The summed E-state index contributed by atoms with van der Waals surface area (Å²) in [5.74, 6) is -1.36. The van der Waals surface area contributed by atoms with Crippen molar-refractivity contribution in [2.24, 2.45) is 11.3 Å². The fourth-order valence-corrected chi connectivity index (χ4v) is 5.08. The van der Waals surface area contributed by atoms with Gasteiger partial charge in [0.2, 0.25) is 5.91 Å². The first-order valence-electron chi connectivity index (χ1n) is 10.8. The van der Waals surface area contributed by atoms with E-state index in [0.717, 1.165) is 24.5 Å². The van der Waals surface area contributed by atoms with Gasteiger partial charge < -0.3 is 10.3 Å². The zero-order valence-electron chi connectivity index (χ0n) is 17.6. The number of carbonyl (C=O) groups is 2. The predicted octanol–water partition coefficient (Wildman–Crippen LogP) is 5.23. The molecule has 1 amide bonds. The Bertz CT molecular complexity index is 1220. The van der Waals surface area contributed by atoms with E-state index in [0.29, 0.717) is 36.0 Å². The molecule has 0 radical (unpaired) electrons. The van der Waals surface area contributed by atoms with Crippen molar-refractivity contribution >= 4 is 22.6 Å². The number of benzene rings is 2. The van der Waals surface area contributed by atoms with Crippen molar-refractivity contribution in [3.05, 3.63) is 59.4 Å². The number of H-pyrrole nitrogens is 1. The molecule has 166 valence electrons. The second-order valence-corrected chi connectivity index (χ2v) is 9.43. The smallest absolute Gasteiger partial charge is 0.226 e. The Labute approximate surface area is 183 Å². The van der Waals surface area contributed by atoms with Gasteiger partial charge in [-0.05, 0) is 73.1 Å². The maximum atomic E-state index is 14.5.